The standard InChI is InChI=1S/C10H11F2N5O3/c11-6-5(19)9(20-10(6,12)1-18)17-3-16-4-7(13)14-2-15-8(4)17/h2-3,5-6,9,18-19H,1H2,(H2,13,14,15)/t5-,6-,9-,10-/m1/s1. The monoisotopic (exact) mass is 287 g/mol. The van der Waals surface area contributed by atoms with E-state index in [9.17, 15) is 13.9 Å². The van der Waals surface area contributed by atoms with E-state index in [0.29, 0.717) is 0 Å². The predicted octanol–water partition coefficient (Wildman–Crippen LogP) is -0.706. The van der Waals surface area contributed by atoms with Gasteiger partial charge in [-0.1, -0.05) is 0 Å². The van der Waals surface area contributed by atoms with Crippen molar-refractivity contribution in [2.45, 2.75) is 24.4 Å². The van der Waals surface area contributed by atoms with E-state index in [-0.39, 0.29) is 17.0 Å². The number of halogens is 2. The van der Waals surface area contributed by atoms with Gasteiger partial charge in [0.2, 0.25) is 0 Å². The fourth-order valence-corrected chi connectivity index (χ4v) is 2.14. The van der Waals surface area contributed by atoms with E-state index in [2.05, 4.69) is 15.0 Å². The molecule has 0 aromatic carbocycles. The number of fused-ring (bicyclic) bond motifs is 1. The maximum Gasteiger partial charge on any atom is 0.268 e. The van der Waals surface area contributed by atoms with Crippen molar-refractivity contribution in [1.29, 1.82) is 0 Å². The summed E-state index contributed by atoms with van der Waals surface area (Å²) in [5.41, 5.74) is 5.98. The van der Waals surface area contributed by atoms with Gasteiger partial charge in [-0.15, -0.1) is 0 Å². The second-order valence-electron chi connectivity index (χ2n) is 4.43. The summed E-state index contributed by atoms with van der Waals surface area (Å²) in [7, 11) is 0. The van der Waals surface area contributed by atoms with Crippen LogP contribution in [0.1, 0.15) is 6.23 Å². The first-order chi connectivity index (χ1) is 9.48. The fourth-order valence-electron chi connectivity index (χ4n) is 2.14. The molecule has 0 unspecified atom stereocenters. The molecule has 0 radical (unpaired) electrons. The fraction of sp³-hybridized carbons (Fsp3) is 0.500. The first-order valence-electron chi connectivity index (χ1n) is 5.70. The Morgan fingerprint density at radius 1 is 1.45 bits per heavy atom. The molecule has 4 N–H and O–H groups in total. The van der Waals surface area contributed by atoms with Gasteiger partial charge in [0.1, 0.15) is 24.6 Å². The number of alkyl halides is 2. The Morgan fingerprint density at radius 3 is 2.85 bits per heavy atom. The van der Waals surface area contributed by atoms with Gasteiger partial charge >= 0.3 is 0 Å². The lowest BCUT2D eigenvalue weighted by Crippen LogP contribution is -2.39. The Balaban J connectivity index is 2.06. The largest absolute Gasteiger partial charge is 0.390 e. The van der Waals surface area contributed by atoms with Crippen molar-refractivity contribution in [3.05, 3.63) is 12.7 Å². The van der Waals surface area contributed by atoms with E-state index in [1.165, 1.54) is 6.33 Å². The molecule has 0 spiro atoms. The normalized spacial score (nSPS) is 33.9. The molecule has 0 bridgehead atoms. The Labute approximate surface area is 110 Å². The molecular weight excluding hydrogens is 276 g/mol. The predicted molar refractivity (Wildman–Crippen MR) is 61.7 cm³/mol. The Hall–Kier alpha value is -1.91. The topological polar surface area (TPSA) is 119 Å². The van der Waals surface area contributed by atoms with E-state index in [1.54, 1.807) is 0 Å². The third-order valence-electron chi connectivity index (χ3n) is 3.20. The average molecular weight is 287 g/mol. The number of aliphatic hydroxyl groups excluding tert-OH is 2. The quantitative estimate of drug-likeness (QED) is 0.667. The van der Waals surface area contributed by atoms with Crippen LogP contribution >= 0.6 is 0 Å². The maximum atomic E-state index is 13.9. The number of aliphatic hydroxyl groups is 2. The minimum absolute atomic E-state index is 0.0895. The van der Waals surface area contributed by atoms with E-state index >= 15 is 0 Å². The number of imidazole rings is 1. The third kappa shape index (κ3) is 1.65. The molecule has 10 heteroatoms. The van der Waals surface area contributed by atoms with Crippen molar-refractivity contribution in [2.75, 3.05) is 12.3 Å². The van der Waals surface area contributed by atoms with Crippen molar-refractivity contribution in [1.82, 2.24) is 19.5 Å². The van der Waals surface area contributed by atoms with E-state index in [0.717, 1.165) is 10.9 Å². The van der Waals surface area contributed by atoms with Crippen LogP contribution < -0.4 is 5.73 Å². The number of hydrogen-bond acceptors (Lipinski definition) is 7. The van der Waals surface area contributed by atoms with Gasteiger partial charge in [-0.05, 0) is 0 Å². The Morgan fingerprint density at radius 2 is 2.20 bits per heavy atom. The first-order valence-corrected chi connectivity index (χ1v) is 5.70. The van der Waals surface area contributed by atoms with Gasteiger partial charge in [0.25, 0.3) is 5.85 Å². The number of rotatable bonds is 2. The van der Waals surface area contributed by atoms with Gasteiger partial charge in [-0.25, -0.2) is 23.7 Å². The van der Waals surface area contributed by atoms with Gasteiger partial charge in [0, 0.05) is 0 Å². The summed E-state index contributed by atoms with van der Waals surface area (Å²) in [6.07, 6.45) is -3.30. The van der Waals surface area contributed by atoms with Gasteiger partial charge in [0.05, 0.1) is 6.33 Å². The molecule has 20 heavy (non-hydrogen) atoms. The summed E-state index contributed by atoms with van der Waals surface area (Å²) >= 11 is 0. The molecule has 108 valence electrons. The zero-order valence-corrected chi connectivity index (χ0v) is 10.0. The highest BCUT2D eigenvalue weighted by atomic mass is 19.2. The molecule has 2 aromatic rings. The zero-order chi connectivity index (χ0) is 14.5. The Bertz CT molecular complexity index is 653. The SMILES string of the molecule is Nc1ncnc2c1ncn2[C@@H]1O[C@](F)(CO)[C@H](F)[C@H]1O. The number of nitrogens with zero attached hydrogens (tertiary/aromatic N) is 4. The van der Waals surface area contributed by atoms with Crippen LogP contribution in [0, 0.1) is 0 Å². The van der Waals surface area contributed by atoms with Crippen LogP contribution in [0.4, 0.5) is 14.6 Å². The van der Waals surface area contributed by atoms with Crippen LogP contribution in [-0.2, 0) is 4.74 Å². The second-order valence-corrected chi connectivity index (χ2v) is 4.43. The molecule has 0 aliphatic carbocycles. The lowest BCUT2D eigenvalue weighted by atomic mass is 10.1. The van der Waals surface area contributed by atoms with Crippen molar-refractivity contribution in [3.63, 3.8) is 0 Å². The van der Waals surface area contributed by atoms with Crippen LogP contribution in [0.5, 0.6) is 0 Å². The molecule has 1 saturated heterocycles. The molecular formula is C10H11F2N5O3. The van der Waals surface area contributed by atoms with Crippen LogP contribution in [0.25, 0.3) is 11.2 Å². The number of hydrogen-bond donors (Lipinski definition) is 3. The molecule has 1 fully saturated rings. The lowest BCUT2D eigenvalue weighted by molar-refractivity contribution is -0.195. The highest BCUT2D eigenvalue weighted by molar-refractivity contribution is 5.81. The van der Waals surface area contributed by atoms with Gasteiger partial charge in [0.15, 0.2) is 23.9 Å². The van der Waals surface area contributed by atoms with E-state index in [4.69, 9.17) is 15.6 Å². The summed E-state index contributed by atoms with van der Waals surface area (Å²) in [6, 6.07) is 0. The number of ether oxygens (including phenoxy) is 1. The number of anilines is 1. The Kier molecular flexibility index (Phi) is 2.81. The molecule has 1 aliphatic rings. The van der Waals surface area contributed by atoms with Crippen molar-refractivity contribution < 1.29 is 23.7 Å². The summed E-state index contributed by atoms with van der Waals surface area (Å²) in [5, 5.41) is 18.6. The molecule has 2 aromatic heterocycles. The first kappa shape index (κ1) is 13.1. The van der Waals surface area contributed by atoms with Crippen LogP contribution in [0.15, 0.2) is 12.7 Å². The molecule has 4 atom stereocenters. The molecule has 0 saturated carbocycles. The molecule has 1 aliphatic heterocycles. The minimum Gasteiger partial charge on any atom is -0.390 e. The number of nitrogen functional groups attached to an aromatic ring is 1. The second kappa shape index (κ2) is 4.30. The highest BCUT2D eigenvalue weighted by Crippen LogP contribution is 2.40. The van der Waals surface area contributed by atoms with E-state index in [1.807, 2.05) is 0 Å². The van der Waals surface area contributed by atoms with Gasteiger partial charge < -0.3 is 20.7 Å². The van der Waals surface area contributed by atoms with Crippen molar-refractivity contribution >= 4 is 17.0 Å². The average Bonchev–Trinajstić information content (AvgIpc) is 2.96. The van der Waals surface area contributed by atoms with Gasteiger partial charge in [-0.3, -0.25) is 4.57 Å². The van der Waals surface area contributed by atoms with Crippen LogP contribution in [0.2, 0.25) is 0 Å². The number of aromatic nitrogens is 4. The van der Waals surface area contributed by atoms with Crippen LogP contribution in [0.3, 0.4) is 0 Å². The summed E-state index contributed by atoms with van der Waals surface area (Å²) in [4.78, 5) is 11.5. The highest BCUT2D eigenvalue weighted by Gasteiger charge is 2.57. The number of nitrogens with two attached hydrogens (primary N) is 1. The molecule has 3 rings (SSSR count). The molecule has 0 amide bonds. The smallest absolute Gasteiger partial charge is 0.268 e. The van der Waals surface area contributed by atoms with Crippen LogP contribution in [-0.4, -0.2) is 54.5 Å². The third-order valence-corrected chi connectivity index (χ3v) is 3.20. The molecule has 8 nitrogen and oxygen atoms in total. The van der Waals surface area contributed by atoms with Gasteiger partial charge in [-0.2, -0.15) is 0 Å². The van der Waals surface area contributed by atoms with Crippen molar-refractivity contribution in [3.8, 4) is 0 Å². The zero-order valence-electron chi connectivity index (χ0n) is 10.0. The van der Waals surface area contributed by atoms with Crippen molar-refractivity contribution in [2.24, 2.45) is 0 Å². The minimum atomic E-state index is -2.97. The lowest BCUT2D eigenvalue weighted by Gasteiger charge is -2.18. The summed E-state index contributed by atoms with van der Waals surface area (Å²) < 4.78 is 33.5. The van der Waals surface area contributed by atoms with E-state index < -0.39 is 31.0 Å². The summed E-state index contributed by atoms with van der Waals surface area (Å²) in [6.45, 7) is -1.22. The molecule has 3 heterocycles. The summed E-state index contributed by atoms with van der Waals surface area (Å²) in [5.74, 6) is -2.88. The maximum absolute atomic E-state index is 13.9.